The molecule has 11 heavy (non-hydrogen) atoms. The first-order valence-electron chi connectivity index (χ1n) is 3.03. The van der Waals surface area contributed by atoms with E-state index in [2.05, 4.69) is 0 Å². The van der Waals surface area contributed by atoms with Crippen LogP contribution in [0.15, 0.2) is 24.3 Å². The number of hydrogen-bond donors (Lipinski definition) is 0. The summed E-state index contributed by atoms with van der Waals surface area (Å²) >= 11 is 0. The lowest BCUT2D eigenvalue weighted by Gasteiger charge is -1.97. The second-order valence-electron chi connectivity index (χ2n) is 2.05. The Kier molecular flexibility index (Phi) is 2.17. The van der Waals surface area contributed by atoms with Gasteiger partial charge in [0.1, 0.15) is 11.9 Å². The van der Waals surface area contributed by atoms with Crippen LogP contribution in [0.25, 0.3) is 0 Å². The fourth-order valence-corrected chi connectivity index (χ4v) is 0.739. The molecule has 0 aliphatic rings. The fourth-order valence-electron chi connectivity index (χ4n) is 0.739. The zero-order valence-corrected chi connectivity index (χ0v) is 5.59. The Morgan fingerprint density at radius 3 is 2.73 bits per heavy atom. The van der Waals surface area contributed by atoms with E-state index in [-0.39, 0.29) is 5.56 Å². The number of rotatable bonds is 1. The predicted octanol–water partition coefficient (Wildman–Crippen LogP) is 2.36. The zero-order valence-electron chi connectivity index (χ0n) is 5.59. The third-order valence-corrected chi connectivity index (χ3v) is 1.25. The van der Waals surface area contributed by atoms with E-state index < -0.39 is 12.0 Å². The van der Waals surface area contributed by atoms with Crippen molar-refractivity contribution in [1.29, 1.82) is 5.26 Å². The minimum absolute atomic E-state index is 0.0625. The summed E-state index contributed by atoms with van der Waals surface area (Å²) in [5.74, 6) is -0.527. The lowest BCUT2D eigenvalue weighted by atomic mass is 10.1. The van der Waals surface area contributed by atoms with Crippen LogP contribution < -0.4 is 0 Å². The van der Waals surface area contributed by atoms with Gasteiger partial charge < -0.3 is 0 Å². The quantitative estimate of drug-likeness (QED) is 0.607. The van der Waals surface area contributed by atoms with Crippen LogP contribution in [0.4, 0.5) is 8.78 Å². The topological polar surface area (TPSA) is 23.8 Å². The number of halogens is 2. The van der Waals surface area contributed by atoms with Gasteiger partial charge in [0, 0.05) is 5.56 Å². The second-order valence-corrected chi connectivity index (χ2v) is 2.05. The predicted molar refractivity (Wildman–Crippen MR) is 35.9 cm³/mol. The van der Waals surface area contributed by atoms with Gasteiger partial charge in [-0.15, -0.1) is 0 Å². The highest BCUT2D eigenvalue weighted by Gasteiger charge is 2.07. The molecule has 0 saturated heterocycles. The van der Waals surface area contributed by atoms with Crippen molar-refractivity contribution >= 4 is 0 Å². The first-order chi connectivity index (χ1) is 5.24. The van der Waals surface area contributed by atoms with Crippen LogP contribution in [-0.4, -0.2) is 0 Å². The highest BCUT2D eigenvalue weighted by atomic mass is 19.1. The average molecular weight is 153 g/mol. The highest BCUT2D eigenvalue weighted by Crippen LogP contribution is 2.16. The lowest BCUT2D eigenvalue weighted by Crippen LogP contribution is -1.87. The van der Waals surface area contributed by atoms with Crippen molar-refractivity contribution in [3.63, 3.8) is 0 Å². The molecule has 1 nitrogen and oxygen atoms in total. The van der Waals surface area contributed by atoms with Gasteiger partial charge in [-0.1, -0.05) is 12.1 Å². The Morgan fingerprint density at radius 2 is 2.18 bits per heavy atom. The van der Waals surface area contributed by atoms with Gasteiger partial charge in [0.2, 0.25) is 6.17 Å². The highest BCUT2D eigenvalue weighted by molar-refractivity contribution is 5.22. The SMILES string of the molecule is N#C[C@H](F)c1cccc(F)c1. The van der Waals surface area contributed by atoms with Crippen LogP contribution in [0, 0.1) is 17.1 Å². The molecule has 0 unspecified atom stereocenters. The molecule has 0 bridgehead atoms. The molecule has 0 fully saturated rings. The molecule has 1 rings (SSSR count). The van der Waals surface area contributed by atoms with E-state index in [9.17, 15) is 8.78 Å². The molecule has 0 aromatic heterocycles. The molecule has 56 valence electrons. The molecule has 0 heterocycles. The summed E-state index contributed by atoms with van der Waals surface area (Å²) in [6.07, 6.45) is -1.73. The van der Waals surface area contributed by atoms with E-state index in [1.165, 1.54) is 24.3 Å². The third-order valence-electron chi connectivity index (χ3n) is 1.25. The van der Waals surface area contributed by atoms with Crippen molar-refractivity contribution < 1.29 is 8.78 Å². The Hall–Kier alpha value is -1.43. The maximum absolute atomic E-state index is 12.5. The third kappa shape index (κ3) is 1.74. The van der Waals surface area contributed by atoms with Gasteiger partial charge in [0.05, 0.1) is 0 Å². The number of alkyl halides is 1. The maximum Gasteiger partial charge on any atom is 0.211 e. The Balaban J connectivity index is 2.98. The Bertz CT molecular complexity index is 290. The first kappa shape index (κ1) is 7.67. The zero-order chi connectivity index (χ0) is 8.27. The van der Waals surface area contributed by atoms with Gasteiger partial charge in [-0.05, 0) is 12.1 Å². The van der Waals surface area contributed by atoms with E-state index in [0.717, 1.165) is 6.07 Å². The van der Waals surface area contributed by atoms with E-state index in [0.29, 0.717) is 0 Å². The smallest absolute Gasteiger partial charge is 0.211 e. The molecular formula is C8H5F2N. The molecule has 0 radical (unpaired) electrons. The summed E-state index contributed by atoms with van der Waals surface area (Å²) in [5.41, 5.74) is 0.0625. The Morgan fingerprint density at radius 1 is 1.45 bits per heavy atom. The van der Waals surface area contributed by atoms with Gasteiger partial charge >= 0.3 is 0 Å². The molecule has 1 aromatic carbocycles. The average Bonchev–Trinajstić information content (AvgIpc) is 2.03. The van der Waals surface area contributed by atoms with Gasteiger partial charge in [-0.2, -0.15) is 5.26 Å². The number of benzene rings is 1. The molecule has 0 aliphatic carbocycles. The molecule has 3 heteroatoms. The van der Waals surface area contributed by atoms with Gasteiger partial charge in [-0.3, -0.25) is 0 Å². The summed E-state index contributed by atoms with van der Waals surface area (Å²) < 4.78 is 24.9. The molecule has 0 saturated carbocycles. The van der Waals surface area contributed by atoms with Gasteiger partial charge in [0.25, 0.3) is 0 Å². The van der Waals surface area contributed by atoms with Crippen LogP contribution in [0.2, 0.25) is 0 Å². The van der Waals surface area contributed by atoms with Crippen LogP contribution in [0.3, 0.4) is 0 Å². The van der Waals surface area contributed by atoms with Crippen molar-refractivity contribution in [3.05, 3.63) is 35.6 Å². The Labute approximate surface area is 62.9 Å². The van der Waals surface area contributed by atoms with Crippen molar-refractivity contribution in [2.24, 2.45) is 0 Å². The van der Waals surface area contributed by atoms with E-state index >= 15 is 0 Å². The van der Waals surface area contributed by atoms with Crippen molar-refractivity contribution in [3.8, 4) is 6.07 Å². The van der Waals surface area contributed by atoms with Gasteiger partial charge in [0.15, 0.2) is 0 Å². The second kappa shape index (κ2) is 3.11. The van der Waals surface area contributed by atoms with Crippen LogP contribution in [0.5, 0.6) is 0 Å². The molecule has 0 aliphatic heterocycles. The summed E-state index contributed by atoms with van der Waals surface area (Å²) in [4.78, 5) is 0. The summed E-state index contributed by atoms with van der Waals surface area (Å²) in [7, 11) is 0. The van der Waals surface area contributed by atoms with Crippen molar-refractivity contribution in [2.45, 2.75) is 6.17 Å². The van der Waals surface area contributed by atoms with Crippen LogP contribution in [0.1, 0.15) is 11.7 Å². The van der Waals surface area contributed by atoms with E-state index in [1.54, 1.807) is 0 Å². The van der Waals surface area contributed by atoms with Crippen molar-refractivity contribution in [1.82, 2.24) is 0 Å². The van der Waals surface area contributed by atoms with Crippen LogP contribution in [-0.2, 0) is 0 Å². The molecule has 1 atom stereocenters. The largest absolute Gasteiger partial charge is 0.226 e. The van der Waals surface area contributed by atoms with Crippen molar-refractivity contribution in [2.75, 3.05) is 0 Å². The molecule has 0 spiro atoms. The number of hydrogen-bond acceptors (Lipinski definition) is 1. The normalized spacial score (nSPS) is 12.1. The maximum atomic E-state index is 12.5. The van der Waals surface area contributed by atoms with Crippen LogP contribution >= 0.6 is 0 Å². The molecule has 0 N–H and O–H groups in total. The lowest BCUT2D eigenvalue weighted by molar-refractivity contribution is 0.422. The minimum atomic E-state index is -1.73. The number of nitriles is 1. The molecule has 0 amide bonds. The summed E-state index contributed by atoms with van der Waals surface area (Å²) in [6.45, 7) is 0. The molecular weight excluding hydrogens is 148 g/mol. The summed E-state index contributed by atoms with van der Waals surface area (Å²) in [6, 6.07) is 6.33. The molecule has 1 aromatic rings. The fraction of sp³-hybridized carbons (Fsp3) is 0.125. The number of nitrogens with zero attached hydrogens (tertiary/aromatic N) is 1. The summed E-state index contributed by atoms with van der Waals surface area (Å²) in [5, 5.41) is 8.13. The first-order valence-corrected chi connectivity index (χ1v) is 3.03. The monoisotopic (exact) mass is 153 g/mol. The van der Waals surface area contributed by atoms with Gasteiger partial charge in [-0.25, -0.2) is 8.78 Å². The standard InChI is InChI=1S/C8H5F2N/c9-7-3-1-2-6(4-7)8(10)5-11/h1-4,8H/t8-/m0/s1. The minimum Gasteiger partial charge on any atom is -0.226 e. The van der Waals surface area contributed by atoms with E-state index in [4.69, 9.17) is 5.26 Å². The van der Waals surface area contributed by atoms with E-state index in [1.807, 2.05) is 0 Å².